The summed E-state index contributed by atoms with van der Waals surface area (Å²) in [5.74, 6) is -0.310. The van der Waals surface area contributed by atoms with Crippen LogP contribution in [0.15, 0.2) is 48.5 Å². The van der Waals surface area contributed by atoms with Gasteiger partial charge in [-0.25, -0.2) is 4.98 Å². The van der Waals surface area contributed by atoms with Crippen molar-refractivity contribution in [1.82, 2.24) is 9.88 Å². The molecule has 27 heavy (non-hydrogen) atoms. The van der Waals surface area contributed by atoms with Gasteiger partial charge in [-0.15, -0.1) is 11.3 Å². The fourth-order valence-electron chi connectivity index (χ4n) is 3.48. The Morgan fingerprint density at radius 2 is 1.70 bits per heavy atom. The number of thiazole rings is 1. The number of rotatable bonds is 2. The molecule has 2 heterocycles. The molecule has 0 bridgehead atoms. The number of hydrogen-bond donors (Lipinski definition) is 0. The van der Waals surface area contributed by atoms with E-state index in [1.54, 1.807) is 11.3 Å². The molecule has 0 unspecified atom stereocenters. The minimum Gasteiger partial charge on any atom is -0.339 e. The SMILES string of the molecule is O=C(c1ccccc1C(F)(F)F)N1CCC(c2nc3ccccc3s2)CC1. The molecule has 3 nitrogen and oxygen atoms in total. The Bertz CT molecular complexity index is 942. The van der Waals surface area contributed by atoms with E-state index in [2.05, 4.69) is 4.98 Å². The van der Waals surface area contributed by atoms with E-state index in [1.807, 2.05) is 24.3 Å². The van der Waals surface area contributed by atoms with Crippen LogP contribution in [0.3, 0.4) is 0 Å². The molecule has 2 aromatic carbocycles. The molecule has 3 aromatic rings. The number of benzene rings is 2. The first-order valence-electron chi connectivity index (χ1n) is 8.74. The summed E-state index contributed by atoms with van der Waals surface area (Å²) < 4.78 is 40.7. The highest BCUT2D eigenvalue weighted by molar-refractivity contribution is 7.18. The number of alkyl halides is 3. The molecule has 0 aliphatic carbocycles. The fraction of sp³-hybridized carbons (Fsp3) is 0.300. The molecule has 4 rings (SSSR count). The van der Waals surface area contributed by atoms with Crippen molar-refractivity contribution in [1.29, 1.82) is 0 Å². The fourth-order valence-corrected chi connectivity index (χ4v) is 4.62. The number of halogens is 3. The maximum atomic E-state index is 13.2. The van der Waals surface area contributed by atoms with Gasteiger partial charge in [0.25, 0.3) is 5.91 Å². The molecule has 140 valence electrons. The van der Waals surface area contributed by atoms with E-state index < -0.39 is 17.6 Å². The van der Waals surface area contributed by atoms with E-state index in [0.717, 1.165) is 21.3 Å². The summed E-state index contributed by atoms with van der Waals surface area (Å²) in [6, 6.07) is 12.9. The lowest BCUT2D eigenvalue weighted by atomic mass is 9.96. The number of hydrogen-bond acceptors (Lipinski definition) is 3. The van der Waals surface area contributed by atoms with Gasteiger partial charge in [0.15, 0.2) is 0 Å². The molecule has 1 fully saturated rings. The van der Waals surface area contributed by atoms with Crippen LogP contribution in [-0.2, 0) is 6.18 Å². The zero-order valence-electron chi connectivity index (χ0n) is 14.4. The van der Waals surface area contributed by atoms with Crippen molar-refractivity contribution < 1.29 is 18.0 Å². The van der Waals surface area contributed by atoms with E-state index in [-0.39, 0.29) is 11.5 Å². The van der Waals surface area contributed by atoms with Gasteiger partial charge in [0, 0.05) is 19.0 Å². The first-order chi connectivity index (χ1) is 12.9. The lowest BCUT2D eigenvalue weighted by Gasteiger charge is -2.31. The largest absolute Gasteiger partial charge is 0.417 e. The highest BCUT2D eigenvalue weighted by Crippen LogP contribution is 2.36. The van der Waals surface area contributed by atoms with Gasteiger partial charge >= 0.3 is 6.18 Å². The maximum absolute atomic E-state index is 13.2. The summed E-state index contributed by atoms with van der Waals surface area (Å²) in [5, 5.41) is 1.04. The van der Waals surface area contributed by atoms with Crippen molar-refractivity contribution in [2.75, 3.05) is 13.1 Å². The van der Waals surface area contributed by atoms with E-state index in [0.29, 0.717) is 25.9 Å². The van der Waals surface area contributed by atoms with Gasteiger partial charge in [-0.1, -0.05) is 24.3 Å². The summed E-state index contributed by atoms with van der Waals surface area (Å²) in [6.45, 7) is 0.872. The van der Waals surface area contributed by atoms with Crippen molar-refractivity contribution in [3.63, 3.8) is 0 Å². The Morgan fingerprint density at radius 1 is 1.04 bits per heavy atom. The van der Waals surface area contributed by atoms with Crippen molar-refractivity contribution in [2.45, 2.75) is 24.9 Å². The number of likely N-dealkylation sites (tertiary alicyclic amines) is 1. The quantitative estimate of drug-likeness (QED) is 0.592. The average molecular weight is 390 g/mol. The van der Waals surface area contributed by atoms with E-state index >= 15 is 0 Å². The Morgan fingerprint density at radius 3 is 2.41 bits per heavy atom. The van der Waals surface area contributed by atoms with Crippen LogP contribution in [0.2, 0.25) is 0 Å². The van der Waals surface area contributed by atoms with Crippen molar-refractivity contribution >= 4 is 27.5 Å². The normalized spacial score (nSPS) is 16.0. The number of aromatic nitrogens is 1. The monoisotopic (exact) mass is 390 g/mol. The Hall–Kier alpha value is -2.41. The second-order valence-electron chi connectivity index (χ2n) is 6.63. The first-order valence-corrected chi connectivity index (χ1v) is 9.56. The third kappa shape index (κ3) is 3.56. The van der Waals surface area contributed by atoms with E-state index in [1.165, 1.54) is 23.1 Å². The second-order valence-corrected chi connectivity index (χ2v) is 7.69. The summed E-state index contributed by atoms with van der Waals surface area (Å²) >= 11 is 1.65. The lowest BCUT2D eigenvalue weighted by Crippen LogP contribution is -2.38. The van der Waals surface area contributed by atoms with Gasteiger partial charge in [-0.05, 0) is 37.1 Å². The molecule has 1 aliphatic rings. The summed E-state index contributed by atoms with van der Waals surface area (Å²) in [4.78, 5) is 18.9. The minimum atomic E-state index is -4.54. The van der Waals surface area contributed by atoms with Gasteiger partial charge < -0.3 is 4.90 Å². The zero-order chi connectivity index (χ0) is 19.0. The summed E-state index contributed by atoms with van der Waals surface area (Å²) in [5.41, 5.74) is -0.179. The molecule has 1 aliphatic heterocycles. The number of carbonyl (C=O) groups excluding carboxylic acids is 1. The van der Waals surface area contributed by atoms with E-state index in [9.17, 15) is 18.0 Å². The Labute approximate surface area is 158 Å². The van der Waals surface area contributed by atoms with Gasteiger partial charge in [0.05, 0.1) is 26.4 Å². The zero-order valence-corrected chi connectivity index (χ0v) is 15.2. The minimum absolute atomic E-state index is 0.240. The van der Waals surface area contributed by atoms with Crippen LogP contribution in [0.25, 0.3) is 10.2 Å². The van der Waals surface area contributed by atoms with Crippen LogP contribution in [0, 0.1) is 0 Å². The number of carbonyl (C=O) groups is 1. The van der Waals surface area contributed by atoms with Crippen LogP contribution < -0.4 is 0 Å². The topological polar surface area (TPSA) is 33.2 Å². The van der Waals surface area contributed by atoms with Gasteiger partial charge in [0.2, 0.25) is 0 Å². The van der Waals surface area contributed by atoms with Gasteiger partial charge in [-0.3, -0.25) is 4.79 Å². The number of nitrogens with zero attached hydrogens (tertiary/aromatic N) is 2. The number of fused-ring (bicyclic) bond motifs is 1. The molecule has 0 N–H and O–H groups in total. The van der Waals surface area contributed by atoms with Gasteiger partial charge in [-0.2, -0.15) is 13.2 Å². The second kappa shape index (κ2) is 6.96. The first kappa shape index (κ1) is 18.0. The summed E-state index contributed by atoms with van der Waals surface area (Å²) in [6.07, 6.45) is -3.12. The molecule has 0 radical (unpaired) electrons. The highest BCUT2D eigenvalue weighted by atomic mass is 32.1. The number of amides is 1. The molecular weight excluding hydrogens is 373 g/mol. The molecule has 0 saturated carbocycles. The number of piperidine rings is 1. The molecule has 1 saturated heterocycles. The van der Waals surface area contributed by atoms with Crippen LogP contribution in [0.1, 0.15) is 39.7 Å². The van der Waals surface area contributed by atoms with E-state index in [4.69, 9.17) is 0 Å². The lowest BCUT2D eigenvalue weighted by molar-refractivity contribution is -0.138. The average Bonchev–Trinajstić information content (AvgIpc) is 3.11. The van der Waals surface area contributed by atoms with Crippen LogP contribution >= 0.6 is 11.3 Å². The molecule has 0 atom stereocenters. The molecule has 7 heteroatoms. The predicted molar refractivity (Wildman–Crippen MR) is 98.9 cm³/mol. The standard InChI is InChI=1S/C20H17F3N2OS/c21-20(22,23)15-6-2-1-5-14(15)19(26)25-11-9-13(10-12-25)18-24-16-7-3-4-8-17(16)27-18/h1-8,13H,9-12H2. The van der Waals surface area contributed by atoms with Crippen LogP contribution in [0.5, 0.6) is 0 Å². The van der Waals surface area contributed by atoms with Crippen molar-refractivity contribution in [2.24, 2.45) is 0 Å². The van der Waals surface area contributed by atoms with Crippen molar-refractivity contribution in [3.05, 3.63) is 64.7 Å². The van der Waals surface area contributed by atoms with Gasteiger partial charge in [0.1, 0.15) is 0 Å². The maximum Gasteiger partial charge on any atom is 0.417 e. The molecule has 0 spiro atoms. The van der Waals surface area contributed by atoms with Crippen LogP contribution in [-0.4, -0.2) is 28.9 Å². The summed E-state index contributed by atoms with van der Waals surface area (Å²) in [7, 11) is 0. The molecule has 1 amide bonds. The number of para-hydroxylation sites is 1. The molecular formula is C20H17F3N2OS. The predicted octanol–water partition coefficient (Wildman–Crippen LogP) is 5.33. The van der Waals surface area contributed by atoms with Crippen molar-refractivity contribution in [3.8, 4) is 0 Å². The van der Waals surface area contributed by atoms with Crippen LogP contribution in [0.4, 0.5) is 13.2 Å². The third-order valence-corrected chi connectivity index (χ3v) is 6.10. The Balaban J connectivity index is 1.49. The smallest absolute Gasteiger partial charge is 0.339 e. The Kier molecular flexibility index (Phi) is 4.63. The molecule has 1 aromatic heterocycles. The highest BCUT2D eigenvalue weighted by Gasteiger charge is 2.36. The third-order valence-electron chi connectivity index (χ3n) is 4.90.